The Balaban J connectivity index is 0.00000156. The predicted molar refractivity (Wildman–Crippen MR) is 104 cm³/mol. The molecular formula is C17H22Cl2N4O2. The summed E-state index contributed by atoms with van der Waals surface area (Å²) < 4.78 is 5.23. The molecule has 1 aromatic carbocycles. The van der Waals surface area contributed by atoms with Gasteiger partial charge in [-0.05, 0) is 18.2 Å². The van der Waals surface area contributed by atoms with Crippen LogP contribution in [0.2, 0.25) is 0 Å². The third-order valence-corrected chi connectivity index (χ3v) is 4.03. The number of halogens is 2. The van der Waals surface area contributed by atoms with E-state index in [2.05, 4.69) is 9.88 Å². The molecule has 6 nitrogen and oxygen atoms in total. The van der Waals surface area contributed by atoms with Gasteiger partial charge in [0.2, 0.25) is 0 Å². The Bertz CT molecular complexity index is 707. The van der Waals surface area contributed by atoms with Crippen LogP contribution in [0.5, 0.6) is 5.75 Å². The zero-order valence-corrected chi connectivity index (χ0v) is 15.6. The summed E-state index contributed by atoms with van der Waals surface area (Å²) in [5.41, 5.74) is 6.99. The Labute approximate surface area is 159 Å². The van der Waals surface area contributed by atoms with Crippen LogP contribution in [0.1, 0.15) is 10.4 Å². The first-order valence-corrected chi connectivity index (χ1v) is 7.58. The fourth-order valence-electron chi connectivity index (χ4n) is 2.70. The number of carbonyl (C=O) groups excluding carboxylic acids is 1. The molecule has 0 aliphatic carbocycles. The Morgan fingerprint density at radius 2 is 1.80 bits per heavy atom. The van der Waals surface area contributed by atoms with E-state index in [0.29, 0.717) is 24.3 Å². The summed E-state index contributed by atoms with van der Waals surface area (Å²) in [6.07, 6.45) is 1.73. The summed E-state index contributed by atoms with van der Waals surface area (Å²) in [5.74, 6) is 1.64. The summed E-state index contributed by atoms with van der Waals surface area (Å²) in [6, 6.07) is 10.9. The first-order valence-electron chi connectivity index (χ1n) is 7.58. The highest BCUT2D eigenvalue weighted by Gasteiger charge is 2.24. The summed E-state index contributed by atoms with van der Waals surface area (Å²) in [6.45, 7) is 2.76. The molecule has 2 aromatic rings. The molecule has 1 amide bonds. The van der Waals surface area contributed by atoms with Gasteiger partial charge in [0.1, 0.15) is 11.6 Å². The van der Waals surface area contributed by atoms with Crippen molar-refractivity contribution in [2.24, 2.45) is 0 Å². The maximum absolute atomic E-state index is 12.6. The van der Waals surface area contributed by atoms with E-state index in [1.165, 1.54) is 0 Å². The highest BCUT2D eigenvalue weighted by atomic mass is 35.5. The van der Waals surface area contributed by atoms with Gasteiger partial charge in [-0.25, -0.2) is 4.98 Å². The molecule has 1 saturated heterocycles. The molecule has 0 unspecified atom stereocenters. The van der Waals surface area contributed by atoms with Crippen molar-refractivity contribution in [3.63, 3.8) is 0 Å². The number of amides is 1. The number of hydrogen-bond acceptors (Lipinski definition) is 5. The lowest BCUT2D eigenvalue weighted by molar-refractivity contribution is 0.0747. The SMILES string of the molecule is COc1ccnc(N2CCN(C(=O)c3ccccc3N)CC2)c1.Cl.Cl. The zero-order valence-electron chi connectivity index (χ0n) is 13.9. The second kappa shape index (κ2) is 9.34. The number of hydrogen-bond donors (Lipinski definition) is 1. The smallest absolute Gasteiger partial charge is 0.256 e. The van der Waals surface area contributed by atoms with Crippen LogP contribution >= 0.6 is 24.8 Å². The molecular weight excluding hydrogens is 363 g/mol. The van der Waals surface area contributed by atoms with Gasteiger partial charge in [0.25, 0.3) is 5.91 Å². The number of pyridine rings is 1. The number of methoxy groups -OCH3 is 1. The number of nitrogen functional groups attached to an aromatic ring is 1. The van der Waals surface area contributed by atoms with Gasteiger partial charge < -0.3 is 20.3 Å². The van der Waals surface area contributed by atoms with E-state index in [1.807, 2.05) is 29.2 Å². The van der Waals surface area contributed by atoms with E-state index in [1.54, 1.807) is 25.4 Å². The Morgan fingerprint density at radius 1 is 1.12 bits per heavy atom. The van der Waals surface area contributed by atoms with Crippen LogP contribution in [0.15, 0.2) is 42.6 Å². The number of nitrogens with zero attached hydrogens (tertiary/aromatic N) is 3. The Morgan fingerprint density at radius 3 is 2.44 bits per heavy atom. The van der Waals surface area contributed by atoms with Crippen molar-refractivity contribution in [3.8, 4) is 5.75 Å². The van der Waals surface area contributed by atoms with Gasteiger partial charge in [0, 0.05) is 44.1 Å². The van der Waals surface area contributed by atoms with E-state index >= 15 is 0 Å². The van der Waals surface area contributed by atoms with Gasteiger partial charge in [-0.2, -0.15) is 0 Å². The minimum Gasteiger partial charge on any atom is -0.497 e. The standard InChI is InChI=1S/C17H20N4O2.2ClH/c1-23-13-6-7-19-16(12-13)20-8-10-21(11-9-20)17(22)14-4-2-3-5-15(14)18;;/h2-7,12H,8-11,18H2,1H3;2*1H. The minimum atomic E-state index is -0.0126. The van der Waals surface area contributed by atoms with Crippen LogP contribution in [0.25, 0.3) is 0 Å². The number of benzene rings is 1. The van der Waals surface area contributed by atoms with Crippen LogP contribution in [0, 0.1) is 0 Å². The van der Waals surface area contributed by atoms with Gasteiger partial charge in [-0.3, -0.25) is 4.79 Å². The van der Waals surface area contributed by atoms with Crippen molar-refractivity contribution in [1.82, 2.24) is 9.88 Å². The number of rotatable bonds is 3. The van der Waals surface area contributed by atoms with E-state index in [-0.39, 0.29) is 30.7 Å². The van der Waals surface area contributed by atoms with Crippen molar-refractivity contribution < 1.29 is 9.53 Å². The molecule has 136 valence electrons. The highest BCUT2D eigenvalue weighted by molar-refractivity contribution is 5.99. The van der Waals surface area contributed by atoms with E-state index < -0.39 is 0 Å². The minimum absolute atomic E-state index is 0. The monoisotopic (exact) mass is 384 g/mol. The van der Waals surface area contributed by atoms with Crippen molar-refractivity contribution in [1.29, 1.82) is 0 Å². The molecule has 0 radical (unpaired) electrons. The summed E-state index contributed by atoms with van der Waals surface area (Å²) in [5, 5.41) is 0. The number of aromatic nitrogens is 1. The molecule has 8 heteroatoms. The molecule has 1 aliphatic heterocycles. The lowest BCUT2D eigenvalue weighted by atomic mass is 10.1. The van der Waals surface area contributed by atoms with Crippen LogP contribution < -0.4 is 15.4 Å². The van der Waals surface area contributed by atoms with Crippen LogP contribution in [0.4, 0.5) is 11.5 Å². The van der Waals surface area contributed by atoms with Gasteiger partial charge >= 0.3 is 0 Å². The number of nitrogens with two attached hydrogens (primary N) is 1. The number of ether oxygens (including phenoxy) is 1. The second-order valence-corrected chi connectivity index (χ2v) is 5.42. The number of para-hydroxylation sites is 1. The largest absolute Gasteiger partial charge is 0.497 e. The van der Waals surface area contributed by atoms with Gasteiger partial charge in [-0.15, -0.1) is 24.8 Å². The second-order valence-electron chi connectivity index (χ2n) is 5.42. The molecule has 2 N–H and O–H groups in total. The third kappa shape index (κ3) is 4.67. The van der Waals surface area contributed by atoms with Crippen molar-refractivity contribution >= 4 is 42.2 Å². The molecule has 0 saturated carbocycles. The lowest BCUT2D eigenvalue weighted by Crippen LogP contribution is -2.49. The summed E-state index contributed by atoms with van der Waals surface area (Å²) in [4.78, 5) is 20.9. The number of carbonyl (C=O) groups is 1. The maximum atomic E-state index is 12.6. The first-order chi connectivity index (χ1) is 11.2. The molecule has 0 spiro atoms. The van der Waals surface area contributed by atoms with Gasteiger partial charge in [0.15, 0.2) is 0 Å². The Kier molecular flexibility index (Phi) is 7.80. The predicted octanol–water partition coefficient (Wildman–Crippen LogP) is 2.48. The zero-order chi connectivity index (χ0) is 16.2. The average Bonchev–Trinajstić information content (AvgIpc) is 2.62. The van der Waals surface area contributed by atoms with E-state index in [9.17, 15) is 4.79 Å². The van der Waals surface area contributed by atoms with Crippen LogP contribution in [-0.4, -0.2) is 49.1 Å². The maximum Gasteiger partial charge on any atom is 0.256 e. The fourth-order valence-corrected chi connectivity index (χ4v) is 2.70. The number of anilines is 2. The summed E-state index contributed by atoms with van der Waals surface area (Å²) >= 11 is 0. The highest BCUT2D eigenvalue weighted by Crippen LogP contribution is 2.20. The average molecular weight is 385 g/mol. The van der Waals surface area contributed by atoms with Gasteiger partial charge in [0.05, 0.1) is 12.7 Å². The van der Waals surface area contributed by atoms with Crippen molar-refractivity contribution in [2.45, 2.75) is 0 Å². The molecule has 2 heterocycles. The van der Waals surface area contributed by atoms with Crippen molar-refractivity contribution in [3.05, 3.63) is 48.2 Å². The molecule has 0 bridgehead atoms. The van der Waals surface area contributed by atoms with Crippen LogP contribution in [-0.2, 0) is 0 Å². The Hall–Kier alpha value is -2.18. The van der Waals surface area contributed by atoms with E-state index in [4.69, 9.17) is 10.5 Å². The lowest BCUT2D eigenvalue weighted by Gasteiger charge is -2.35. The summed E-state index contributed by atoms with van der Waals surface area (Å²) in [7, 11) is 1.64. The van der Waals surface area contributed by atoms with E-state index in [0.717, 1.165) is 24.7 Å². The quantitative estimate of drug-likeness (QED) is 0.822. The number of piperazine rings is 1. The molecule has 1 fully saturated rings. The van der Waals surface area contributed by atoms with Crippen molar-refractivity contribution in [2.75, 3.05) is 43.9 Å². The fraction of sp³-hybridized carbons (Fsp3) is 0.294. The third-order valence-electron chi connectivity index (χ3n) is 4.03. The molecule has 1 aliphatic rings. The normalized spacial score (nSPS) is 13.5. The molecule has 25 heavy (non-hydrogen) atoms. The molecule has 3 rings (SSSR count). The van der Waals surface area contributed by atoms with Crippen LogP contribution in [0.3, 0.4) is 0 Å². The topological polar surface area (TPSA) is 71.7 Å². The molecule has 0 atom stereocenters. The van der Waals surface area contributed by atoms with Gasteiger partial charge in [-0.1, -0.05) is 12.1 Å². The first kappa shape index (κ1) is 20.9. The molecule has 1 aromatic heterocycles.